The van der Waals surface area contributed by atoms with Crippen LogP contribution in [-0.4, -0.2) is 43.4 Å². The predicted octanol–water partition coefficient (Wildman–Crippen LogP) is 4.29. The van der Waals surface area contributed by atoms with Gasteiger partial charge in [0.1, 0.15) is 6.79 Å². The second-order valence-electron chi connectivity index (χ2n) is 9.22. The Morgan fingerprint density at radius 3 is 2.32 bits per heavy atom. The second kappa shape index (κ2) is 7.84. The molecule has 4 heteroatoms. The van der Waals surface area contributed by atoms with Crippen LogP contribution in [0.5, 0.6) is 0 Å². The molecule has 4 atom stereocenters. The fourth-order valence-electron chi connectivity index (χ4n) is 6.32. The van der Waals surface area contributed by atoms with E-state index in [1.807, 2.05) is 13.8 Å². The van der Waals surface area contributed by atoms with Crippen molar-refractivity contribution in [1.29, 1.82) is 0 Å². The molecule has 25 heavy (non-hydrogen) atoms. The predicted molar refractivity (Wildman–Crippen MR) is 98.4 cm³/mol. The largest absolute Gasteiger partial charge is 0.390 e. The van der Waals surface area contributed by atoms with Crippen LogP contribution in [0.15, 0.2) is 0 Å². The van der Waals surface area contributed by atoms with Crippen molar-refractivity contribution in [3.63, 3.8) is 0 Å². The number of hydrogen-bond donors (Lipinski definition) is 1. The van der Waals surface area contributed by atoms with Gasteiger partial charge < -0.3 is 19.3 Å². The third-order valence-electron chi connectivity index (χ3n) is 7.60. The van der Waals surface area contributed by atoms with Gasteiger partial charge in [-0.05, 0) is 51.4 Å². The van der Waals surface area contributed by atoms with Crippen molar-refractivity contribution in [2.45, 2.75) is 89.3 Å². The first kappa shape index (κ1) is 19.6. The Hall–Kier alpha value is -0.160. The molecule has 0 aliphatic heterocycles. The van der Waals surface area contributed by atoms with Crippen LogP contribution in [0.25, 0.3) is 0 Å². The molecule has 0 amide bonds. The van der Waals surface area contributed by atoms with Crippen molar-refractivity contribution in [3.8, 4) is 0 Å². The molecule has 3 aliphatic carbocycles. The normalized spacial score (nSPS) is 38.9. The minimum Gasteiger partial charge on any atom is -0.390 e. The van der Waals surface area contributed by atoms with Gasteiger partial charge in [-0.1, -0.05) is 38.5 Å². The van der Waals surface area contributed by atoms with Gasteiger partial charge in [0.25, 0.3) is 0 Å². The fourth-order valence-corrected chi connectivity index (χ4v) is 6.32. The molecule has 3 saturated carbocycles. The summed E-state index contributed by atoms with van der Waals surface area (Å²) in [5.74, 6) is 1.53. The van der Waals surface area contributed by atoms with Gasteiger partial charge in [-0.2, -0.15) is 0 Å². The molecule has 0 aromatic carbocycles. The van der Waals surface area contributed by atoms with E-state index in [0.29, 0.717) is 20.0 Å². The summed E-state index contributed by atoms with van der Waals surface area (Å²) in [5.41, 5.74) is -1.08. The third-order valence-corrected chi connectivity index (χ3v) is 7.60. The molecule has 3 aliphatic rings. The minimum absolute atomic E-state index is 0.138. The Morgan fingerprint density at radius 2 is 1.64 bits per heavy atom. The maximum atomic E-state index is 11.3. The van der Waals surface area contributed by atoms with E-state index in [9.17, 15) is 5.11 Å². The SMILES string of the molecule is COCCOCOC12CCCCC1(C(C)(C)O)CC1CCCCC1C2. The number of fused-ring (bicyclic) bond motifs is 2. The summed E-state index contributed by atoms with van der Waals surface area (Å²) < 4.78 is 17.3. The van der Waals surface area contributed by atoms with Crippen molar-refractivity contribution in [1.82, 2.24) is 0 Å². The van der Waals surface area contributed by atoms with Crippen molar-refractivity contribution in [2.24, 2.45) is 17.3 Å². The summed E-state index contributed by atoms with van der Waals surface area (Å²) in [4.78, 5) is 0. The lowest BCUT2D eigenvalue weighted by Gasteiger charge is -2.64. The Labute approximate surface area is 153 Å². The monoisotopic (exact) mass is 354 g/mol. The smallest absolute Gasteiger partial charge is 0.147 e. The lowest BCUT2D eigenvalue weighted by Crippen LogP contribution is -2.66. The van der Waals surface area contributed by atoms with Crippen LogP contribution in [0, 0.1) is 17.3 Å². The molecule has 3 fully saturated rings. The van der Waals surface area contributed by atoms with Crippen LogP contribution in [0.1, 0.15) is 78.1 Å². The topological polar surface area (TPSA) is 47.9 Å². The van der Waals surface area contributed by atoms with Crippen LogP contribution >= 0.6 is 0 Å². The molecule has 3 rings (SSSR count). The zero-order valence-electron chi connectivity index (χ0n) is 16.5. The maximum absolute atomic E-state index is 11.3. The summed E-state index contributed by atoms with van der Waals surface area (Å²) >= 11 is 0. The van der Waals surface area contributed by atoms with E-state index in [4.69, 9.17) is 14.2 Å². The number of ether oxygens (including phenoxy) is 3. The molecule has 0 bridgehead atoms. The molecule has 0 aromatic rings. The van der Waals surface area contributed by atoms with Gasteiger partial charge >= 0.3 is 0 Å². The van der Waals surface area contributed by atoms with Gasteiger partial charge in [-0.25, -0.2) is 0 Å². The van der Waals surface area contributed by atoms with Crippen LogP contribution in [0.2, 0.25) is 0 Å². The van der Waals surface area contributed by atoms with E-state index in [1.54, 1.807) is 7.11 Å². The summed E-state index contributed by atoms with van der Waals surface area (Å²) in [7, 11) is 1.69. The molecular formula is C21H38O4. The molecular weight excluding hydrogens is 316 g/mol. The highest BCUT2D eigenvalue weighted by Gasteiger charge is 2.64. The fraction of sp³-hybridized carbons (Fsp3) is 1.00. The molecule has 0 saturated heterocycles. The average molecular weight is 355 g/mol. The second-order valence-corrected chi connectivity index (χ2v) is 9.22. The van der Waals surface area contributed by atoms with E-state index in [1.165, 1.54) is 38.5 Å². The highest BCUT2D eigenvalue weighted by atomic mass is 16.7. The van der Waals surface area contributed by atoms with E-state index in [2.05, 4.69) is 0 Å². The molecule has 146 valence electrons. The summed E-state index contributed by atoms with van der Waals surface area (Å²) in [6.07, 6.45) is 12.2. The Balaban J connectivity index is 1.82. The van der Waals surface area contributed by atoms with Crippen molar-refractivity contribution >= 4 is 0 Å². The van der Waals surface area contributed by atoms with E-state index in [0.717, 1.165) is 37.5 Å². The van der Waals surface area contributed by atoms with Gasteiger partial charge in [0.05, 0.1) is 24.4 Å². The lowest BCUT2D eigenvalue weighted by atomic mass is 9.45. The van der Waals surface area contributed by atoms with Gasteiger partial charge in [0.15, 0.2) is 0 Å². The van der Waals surface area contributed by atoms with Crippen LogP contribution in [0.3, 0.4) is 0 Å². The van der Waals surface area contributed by atoms with Crippen LogP contribution in [0.4, 0.5) is 0 Å². The Morgan fingerprint density at radius 1 is 0.960 bits per heavy atom. The number of hydrogen-bond acceptors (Lipinski definition) is 4. The van der Waals surface area contributed by atoms with Gasteiger partial charge in [-0.15, -0.1) is 0 Å². The molecule has 0 spiro atoms. The zero-order valence-corrected chi connectivity index (χ0v) is 16.5. The third kappa shape index (κ3) is 3.65. The zero-order chi connectivity index (χ0) is 18.0. The van der Waals surface area contributed by atoms with Gasteiger partial charge in [0.2, 0.25) is 0 Å². The number of rotatable bonds is 7. The molecule has 0 heterocycles. The van der Waals surface area contributed by atoms with Crippen molar-refractivity contribution in [2.75, 3.05) is 27.1 Å². The number of aliphatic hydroxyl groups is 1. The highest BCUT2D eigenvalue weighted by molar-refractivity contribution is 5.14. The quantitative estimate of drug-likeness (QED) is 0.547. The maximum Gasteiger partial charge on any atom is 0.147 e. The molecule has 1 N–H and O–H groups in total. The standard InChI is InChI=1S/C21H38O4/c1-19(2,22)20-10-6-7-11-21(20,25-16-24-13-12-23-3)15-18-9-5-4-8-17(18)14-20/h17-18,22H,4-16H2,1-3H3. The van der Waals surface area contributed by atoms with Crippen molar-refractivity contribution < 1.29 is 19.3 Å². The van der Waals surface area contributed by atoms with Gasteiger partial charge in [0, 0.05) is 12.5 Å². The molecule has 0 aromatic heterocycles. The first-order chi connectivity index (χ1) is 11.9. The van der Waals surface area contributed by atoms with Crippen LogP contribution in [-0.2, 0) is 14.2 Å². The first-order valence-electron chi connectivity index (χ1n) is 10.4. The minimum atomic E-state index is -0.720. The Kier molecular flexibility index (Phi) is 6.14. The average Bonchev–Trinajstić information content (AvgIpc) is 2.58. The highest BCUT2D eigenvalue weighted by Crippen LogP contribution is 2.64. The Bertz CT molecular complexity index is 432. The molecule has 4 nitrogen and oxygen atoms in total. The summed E-state index contributed by atoms with van der Waals surface area (Å²) in [6.45, 7) is 5.52. The van der Waals surface area contributed by atoms with E-state index >= 15 is 0 Å². The van der Waals surface area contributed by atoms with Crippen LogP contribution < -0.4 is 0 Å². The molecule has 0 radical (unpaired) electrons. The summed E-state index contributed by atoms with van der Waals surface area (Å²) in [6, 6.07) is 0. The van der Waals surface area contributed by atoms with E-state index < -0.39 is 5.60 Å². The van der Waals surface area contributed by atoms with Crippen molar-refractivity contribution in [3.05, 3.63) is 0 Å². The lowest BCUT2D eigenvalue weighted by molar-refractivity contribution is -0.287. The first-order valence-corrected chi connectivity index (χ1v) is 10.4. The number of methoxy groups -OCH3 is 1. The van der Waals surface area contributed by atoms with Gasteiger partial charge in [-0.3, -0.25) is 0 Å². The molecule has 4 unspecified atom stereocenters. The summed E-state index contributed by atoms with van der Waals surface area (Å²) in [5, 5.41) is 11.3. The van der Waals surface area contributed by atoms with E-state index in [-0.39, 0.29) is 11.0 Å².